The molecular formula is C13H20ClIN2O. The quantitative estimate of drug-likeness (QED) is 0.571. The van der Waals surface area contributed by atoms with E-state index in [9.17, 15) is 0 Å². The first kappa shape index (κ1) is 16.1. The Hall–Kier alpha value is 0.0600. The van der Waals surface area contributed by atoms with Crippen LogP contribution in [0, 0.1) is 8.99 Å². The molecule has 1 rings (SSSR count). The lowest BCUT2D eigenvalue weighted by molar-refractivity contribution is -0.0192. The van der Waals surface area contributed by atoms with Crippen LogP contribution in [-0.2, 0) is 11.2 Å². The van der Waals surface area contributed by atoms with Crippen LogP contribution in [0.5, 0.6) is 0 Å². The summed E-state index contributed by atoms with van der Waals surface area (Å²) in [6, 6.07) is 0. The minimum Gasteiger partial charge on any atom is -0.370 e. The fourth-order valence-corrected chi connectivity index (χ4v) is 2.53. The second-order valence-corrected chi connectivity index (χ2v) is 6.63. The molecule has 5 heteroatoms. The van der Waals surface area contributed by atoms with Crippen molar-refractivity contribution < 1.29 is 4.74 Å². The molecule has 1 aromatic heterocycles. The van der Waals surface area contributed by atoms with Crippen molar-refractivity contribution in [3.8, 4) is 0 Å². The molecule has 0 aliphatic carbocycles. The predicted octanol–water partition coefficient (Wildman–Crippen LogP) is 4.42. The van der Waals surface area contributed by atoms with E-state index in [2.05, 4.69) is 60.3 Å². The number of aromatic nitrogens is 2. The maximum absolute atomic E-state index is 6.18. The monoisotopic (exact) mass is 382 g/mol. The van der Waals surface area contributed by atoms with Gasteiger partial charge in [-0.3, -0.25) is 0 Å². The molecule has 18 heavy (non-hydrogen) atoms. The Bertz CT molecular complexity index is 418. The maximum atomic E-state index is 6.18. The second-order valence-electron chi connectivity index (χ2n) is 5.19. The molecule has 3 nitrogen and oxygen atoms in total. The molecule has 1 atom stereocenters. The number of hydrogen-bond donors (Lipinski definition) is 0. The van der Waals surface area contributed by atoms with Crippen molar-refractivity contribution in [3.63, 3.8) is 0 Å². The van der Waals surface area contributed by atoms with Gasteiger partial charge in [0.2, 0.25) is 0 Å². The van der Waals surface area contributed by atoms with E-state index in [0.29, 0.717) is 17.6 Å². The molecule has 0 fully saturated rings. The first-order valence-corrected chi connectivity index (χ1v) is 7.60. The highest BCUT2D eigenvalue weighted by Gasteiger charge is 2.30. The lowest BCUT2D eigenvalue weighted by Gasteiger charge is -2.29. The highest BCUT2D eigenvalue weighted by Crippen LogP contribution is 2.35. The number of nitrogens with zero attached hydrogens (tertiary/aromatic N) is 2. The Labute approximate surface area is 128 Å². The van der Waals surface area contributed by atoms with Gasteiger partial charge in [0, 0.05) is 6.61 Å². The van der Waals surface area contributed by atoms with E-state index in [4.69, 9.17) is 16.3 Å². The normalized spacial score (nSPS) is 13.7. The fourth-order valence-electron chi connectivity index (χ4n) is 1.71. The van der Waals surface area contributed by atoms with Gasteiger partial charge in [-0.1, -0.05) is 39.3 Å². The summed E-state index contributed by atoms with van der Waals surface area (Å²) in [5.41, 5.74) is 0.927. The van der Waals surface area contributed by atoms with Gasteiger partial charge in [0.05, 0.1) is 9.26 Å². The molecule has 0 saturated carbocycles. The third kappa shape index (κ3) is 3.78. The summed E-state index contributed by atoms with van der Waals surface area (Å²) in [5, 5.41) is 0.520. The molecular weight excluding hydrogens is 363 g/mol. The largest absolute Gasteiger partial charge is 0.370 e. The van der Waals surface area contributed by atoms with Crippen molar-refractivity contribution in [2.45, 2.75) is 47.1 Å². The van der Waals surface area contributed by atoms with E-state index in [-0.39, 0.29) is 11.5 Å². The van der Waals surface area contributed by atoms with Crippen LogP contribution in [0.4, 0.5) is 0 Å². The summed E-state index contributed by atoms with van der Waals surface area (Å²) in [6.45, 7) is 11.0. The number of aryl methyl sites for hydroxylation is 1. The summed E-state index contributed by atoms with van der Waals surface area (Å²) in [5.74, 6) is 0.687. The van der Waals surface area contributed by atoms with Crippen LogP contribution < -0.4 is 0 Å². The molecule has 1 aromatic rings. The number of hydrogen-bond acceptors (Lipinski definition) is 3. The summed E-state index contributed by atoms with van der Waals surface area (Å²) in [4.78, 5) is 9.00. The Morgan fingerprint density at radius 1 is 1.28 bits per heavy atom. The molecule has 0 saturated heterocycles. The SMILES string of the molecule is CCOC(c1nc(Cl)c(I)c(CC)n1)C(C)(C)C. The molecule has 0 spiro atoms. The van der Waals surface area contributed by atoms with Gasteiger partial charge >= 0.3 is 0 Å². The number of rotatable bonds is 4. The molecule has 102 valence electrons. The van der Waals surface area contributed by atoms with E-state index < -0.39 is 0 Å². The highest BCUT2D eigenvalue weighted by atomic mass is 127. The van der Waals surface area contributed by atoms with Crippen LogP contribution in [-0.4, -0.2) is 16.6 Å². The van der Waals surface area contributed by atoms with E-state index in [0.717, 1.165) is 15.7 Å². The Morgan fingerprint density at radius 3 is 2.33 bits per heavy atom. The van der Waals surface area contributed by atoms with Crippen molar-refractivity contribution in [2.24, 2.45) is 5.41 Å². The fraction of sp³-hybridized carbons (Fsp3) is 0.692. The number of halogens is 2. The molecule has 1 heterocycles. The lowest BCUT2D eigenvalue weighted by atomic mass is 9.88. The zero-order valence-electron chi connectivity index (χ0n) is 11.6. The van der Waals surface area contributed by atoms with Crippen LogP contribution in [0.15, 0.2) is 0 Å². The molecule has 0 aliphatic heterocycles. The molecule has 0 aliphatic rings. The van der Waals surface area contributed by atoms with Crippen molar-refractivity contribution in [2.75, 3.05) is 6.61 Å². The van der Waals surface area contributed by atoms with Gasteiger partial charge < -0.3 is 4.74 Å². The average molecular weight is 383 g/mol. The van der Waals surface area contributed by atoms with Gasteiger partial charge in [-0.25, -0.2) is 9.97 Å². The minimum atomic E-state index is -0.137. The third-order valence-electron chi connectivity index (χ3n) is 2.59. The van der Waals surface area contributed by atoms with E-state index in [1.807, 2.05) is 6.92 Å². The van der Waals surface area contributed by atoms with E-state index in [1.54, 1.807) is 0 Å². The predicted molar refractivity (Wildman–Crippen MR) is 83.0 cm³/mol. The van der Waals surface area contributed by atoms with Crippen LogP contribution >= 0.6 is 34.2 Å². The summed E-state index contributed by atoms with van der Waals surface area (Å²) in [7, 11) is 0. The summed E-state index contributed by atoms with van der Waals surface area (Å²) < 4.78 is 6.74. The molecule has 1 unspecified atom stereocenters. The van der Waals surface area contributed by atoms with E-state index in [1.165, 1.54) is 0 Å². The van der Waals surface area contributed by atoms with Gasteiger partial charge in [0.1, 0.15) is 11.3 Å². The number of ether oxygens (including phenoxy) is 1. The average Bonchev–Trinajstić information content (AvgIpc) is 2.28. The van der Waals surface area contributed by atoms with Crippen LogP contribution in [0.25, 0.3) is 0 Å². The van der Waals surface area contributed by atoms with E-state index >= 15 is 0 Å². The Kier molecular flexibility index (Phi) is 5.80. The Balaban J connectivity index is 3.25. The summed E-state index contributed by atoms with van der Waals surface area (Å²) >= 11 is 8.37. The second kappa shape index (κ2) is 6.48. The minimum absolute atomic E-state index is 0.0584. The van der Waals surface area contributed by atoms with Gasteiger partial charge in [0.15, 0.2) is 5.82 Å². The highest BCUT2D eigenvalue weighted by molar-refractivity contribution is 14.1. The molecule has 0 bridgehead atoms. The zero-order chi connectivity index (χ0) is 13.9. The van der Waals surface area contributed by atoms with Crippen LogP contribution in [0.1, 0.15) is 52.2 Å². The first-order chi connectivity index (χ1) is 8.31. The molecule has 0 radical (unpaired) electrons. The van der Waals surface area contributed by atoms with Crippen LogP contribution in [0.3, 0.4) is 0 Å². The van der Waals surface area contributed by atoms with Crippen LogP contribution in [0.2, 0.25) is 5.15 Å². The third-order valence-corrected chi connectivity index (χ3v) is 4.31. The molecule has 0 amide bonds. The topological polar surface area (TPSA) is 35.0 Å². The Morgan fingerprint density at radius 2 is 1.89 bits per heavy atom. The van der Waals surface area contributed by atoms with Gasteiger partial charge in [0.25, 0.3) is 0 Å². The van der Waals surface area contributed by atoms with Gasteiger partial charge in [-0.05, 0) is 41.4 Å². The molecule has 0 N–H and O–H groups in total. The standard InChI is InChI=1S/C13H20ClIN2O/c1-6-8-9(15)11(14)17-12(16-8)10(18-7-2)13(3,4)5/h10H,6-7H2,1-5H3. The smallest absolute Gasteiger partial charge is 0.159 e. The lowest BCUT2D eigenvalue weighted by Crippen LogP contribution is -2.24. The molecule has 0 aromatic carbocycles. The van der Waals surface area contributed by atoms with Gasteiger partial charge in [-0.2, -0.15) is 0 Å². The van der Waals surface area contributed by atoms with Crippen molar-refractivity contribution >= 4 is 34.2 Å². The van der Waals surface area contributed by atoms with Crippen molar-refractivity contribution in [1.29, 1.82) is 0 Å². The van der Waals surface area contributed by atoms with Gasteiger partial charge in [-0.15, -0.1) is 0 Å². The summed E-state index contributed by atoms with van der Waals surface area (Å²) in [6.07, 6.45) is 0.707. The van der Waals surface area contributed by atoms with Crippen molar-refractivity contribution in [3.05, 3.63) is 20.2 Å². The zero-order valence-corrected chi connectivity index (χ0v) is 14.5. The first-order valence-electron chi connectivity index (χ1n) is 6.14. The maximum Gasteiger partial charge on any atom is 0.159 e. The van der Waals surface area contributed by atoms with Crippen molar-refractivity contribution in [1.82, 2.24) is 9.97 Å².